The predicted octanol–water partition coefficient (Wildman–Crippen LogP) is 10.5. The molecule has 5 rings (SSSR count). The van der Waals surface area contributed by atoms with Gasteiger partial charge in [0.1, 0.15) is 34.8 Å². The van der Waals surface area contributed by atoms with Gasteiger partial charge in [0, 0.05) is 32.1 Å². The van der Waals surface area contributed by atoms with Crippen LogP contribution in [-0.2, 0) is 6.18 Å². The molecular weight excluding hydrogens is 781 g/mol. The second kappa shape index (κ2) is 18.2. The van der Waals surface area contributed by atoms with Crippen LogP contribution in [0, 0.1) is 47.7 Å². The summed E-state index contributed by atoms with van der Waals surface area (Å²) >= 11 is 0. The van der Waals surface area contributed by atoms with E-state index in [0.717, 1.165) is 6.92 Å². The molecule has 3 aromatic heterocycles. The van der Waals surface area contributed by atoms with E-state index in [0.29, 0.717) is 23.8 Å². The summed E-state index contributed by atoms with van der Waals surface area (Å²) in [4.78, 5) is 19.2. The van der Waals surface area contributed by atoms with Crippen LogP contribution in [0.2, 0.25) is 0 Å². The van der Waals surface area contributed by atoms with E-state index in [1.807, 2.05) is 34.6 Å². The smallest absolute Gasteiger partial charge is 0.425 e. The average molecular weight is 840 g/mol. The number of hydrogen-bond acceptors (Lipinski definition) is 9. The third-order valence-electron chi connectivity index (χ3n) is 11.2. The Balaban J connectivity index is 0.00000218. The number of aryl methyl sites for hydroxylation is 1. The number of anilines is 2. The van der Waals surface area contributed by atoms with Crippen molar-refractivity contribution in [3.63, 3.8) is 0 Å². The third-order valence-corrected chi connectivity index (χ3v) is 11.2. The van der Waals surface area contributed by atoms with Crippen LogP contribution in [0.4, 0.5) is 51.1 Å². The van der Waals surface area contributed by atoms with Gasteiger partial charge in [-0.25, -0.2) is 23.1 Å². The molecule has 5 atom stereocenters. The summed E-state index contributed by atoms with van der Waals surface area (Å²) in [6.45, 7) is 18.0. The molecule has 0 spiro atoms. The summed E-state index contributed by atoms with van der Waals surface area (Å²) in [5.74, 6) is -4.84. The quantitative estimate of drug-likeness (QED) is 0.169. The summed E-state index contributed by atoms with van der Waals surface area (Å²) in [6, 6.07) is 0.0797. The van der Waals surface area contributed by atoms with Gasteiger partial charge < -0.3 is 25.0 Å². The topological polar surface area (TPSA) is 103 Å². The predicted molar refractivity (Wildman–Crippen MR) is 208 cm³/mol. The van der Waals surface area contributed by atoms with E-state index in [1.165, 1.54) is 11.8 Å². The molecule has 0 aliphatic heterocycles. The number of ether oxygens (including phenoxy) is 2. The maximum atomic E-state index is 17.0. The molecule has 328 valence electrons. The van der Waals surface area contributed by atoms with Crippen molar-refractivity contribution >= 4 is 22.5 Å². The zero-order chi connectivity index (χ0) is 44.5. The molecule has 5 unspecified atom stereocenters. The molecule has 2 aliphatic carbocycles. The zero-order valence-electron chi connectivity index (χ0n) is 35.6. The molecule has 0 aromatic carbocycles. The highest BCUT2D eigenvalue weighted by molar-refractivity contribution is 5.97. The van der Waals surface area contributed by atoms with Gasteiger partial charge in [0.05, 0.1) is 16.7 Å². The van der Waals surface area contributed by atoms with Crippen molar-refractivity contribution in [2.45, 2.75) is 106 Å². The maximum Gasteiger partial charge on any atom is 0.425 e. The second-order valence-corrected chi connectivity index (χ2v) is 15.4. The van der Waals surface area contributed by atoms with E-state index in [9.17, 15) is 35.1 Å². The van der Waals surface area contributed by atoms with Crippen LogP contribution >= 0.6 is 0 Å². The van der Waals surface area contributed by atoms with Crippen molar-refractivity contribution in [2.24, 2.45) is 35.0 Å². The molecule has 0 radical (unpaired) electrons. The number of nitrogens with two attached hydrogens (primary N) is 1. The maximum absolute atomic E-state index is 17.0. The van der Waals surface area contributed by atoms with E-state index < -0.39 is 106 Å². The first-order valence-electron chi connectivity index (χ1n) is 19.7. The Morgan fingerprint density at radius 3 is 1.98 bits per heavy atom. The van der Waals surface area contributed by atoms with E-state index in [2.05, 4.69) is 40.7 Å². The number of nitrogen functional groups attached to an aromatic ring is 1. The number of nitrogens with zero attached hydrogens (tertiary/aromatic N) is 6. The van der Waals surface area contributed by atoms with Gasteiger partial charge >= 0.3 is 18.4 Å². The van der Waals surface area contributed by atoms with Gasteiger partial charge in [0.15, 0.2) is 11.9 Å². The minimum absolute atomic E-state index is 0.0313. The summed E-state index contributed by atoms with van der Waals surface area (Å²) in [7, 11) is 4.74. The Morgan fingerprint density at radius 2 is 1.50 bits per heavy atom. The van der Waals surface area contributed by atoms with Gasteiger partial charge in [-0.15, -0.1) is 0 Å². The van der Waals surface area contributed by atoms with Crippen LogP contribution in [0.1, 0.15) is 86.4 Å². The Hall–Kier alpha value is -3.83. The lowest BCUT2D eigenvalue weighted by molar-refractivity contribution is -0.196. The third kappa shape index (κ3) is 9.78. The molecule has 2 fully saturated rings. The van der Waals surface area contributed by atoms with Crippen LogP contribution in [0.5, 0.6) is 11.9 Å². The Labute approximate surface area is 335 Å². The van der Waals surface area contributed by atoms with E-state index in [4.69, 9.17) is 15.2 Å². The number of rotatable bonds is 13. The molecule has 0 bridgehead atoms. The standard InChI is InChI=1S/C36H46F9N7O2.2C2H6/c1-10-22(35(40,41)42)54-31-25-29(27(37)28(48-31)21-11-23(46)47-20(6)26(21)36(43,44)45)49-32(53-15-33(14-51(7)8)13-34(33,38)39)50-30(25)52(9)12-16(2)24-18(4)17(3)19(24)5;2*1-2/h11,16-19,22,24H,10,12-15H2,1-9H3,(H2,46,47);2*1-2H3. The number of aromatic nitrogens is 4. The van der Waals surface area contributed by atoms with Gasteiger partial charge in [0.2, 0.25) is 5.88 Å². The lowest BCUT2D eigenvalue weighted by Crippen LogP contribution is -2.48. The second-order valence-electron chi connectivity index (χ2n) is 15.4. The average Bonchev–Trinajstić information content (AvgIpc) is 3.67. The Bertz CT molecular complexity index is 1870. The molecule has 2 aliphatic rings. The molecule has 9 nitrogen and oxygen atoms in total. The van der Waals surface area contributed by atoms with Crippen LogP contribution < -0.4 is 20.1 Å². The lowest BCUT2D eigenvalue weighted by atomic mass is 9.55. The molecule has 58 heavy (non-hydrogen) atoms. The van der Waals surface area contributed by atoms with Gasteiger partial charge in [-0.05, 0) is 63.1 Å². The summed E-state index contributed by atoms with van der Waals surface area (Å²) in [5.41, 5.74) is -0.733. The van der Waals surface area contributed by atoms with Crippen molar-refractivity contribution < 1.29 is 49.0 Å². The number of halogens is 9. The number of fused-ring (bicyclic) bond motifs is 1. The van der Waals surface area contributed by atoms with Crippen molar-refractivity contribution in [3.05, 3.63) is 23.1 Å². The molecule has 0 saturated heterocycles. The first kappa shape index (κ1) is 48.5. The number of alkyl halides is 8. The molecular formula is C40H58F9N7O2. The van der Waals surface area contributed by atoms with Crippen LogP contribution in [-0.4, -0.2) is 83.9 Å². The molecule has 3 heterocycles. The SMILES string of the molecule is CC.CC.CCC(Oc1nc(-c2cc(N)nc(C)c2C(F)(F)F)c(F)c2nc(OCC3(CN(C)C)CC3(F)F)nc(N(C)CC(C)C3C(C)C(C)C3C)c12)C(F)(F)F. The molecule has 2 N–H and O–H groups in total. The van der Waals surface area contributed by atoms with Crippen molar-refractivity contribution in [1.82, 2.24) is 24.8 Å². The minimum atomic E-state index is -5.13. The van der Waals surface area contributed by atoms with Crippen molar-refractivity contribution in [3.8, 4) is 23.1 Å². The Morgan fingerprint density at radius 1 is 0.931 bits per heavy atom. The fraction of sp³-hybridized carbons (Fsp3) is 0.700. The van der Waals surface area contributed by atoms with Gasteiger partial charge in [-0.3, -0.25) is 0 Å². The first-order chi connectivity index (χ1) is 26.8. The van der Waals surface area contributed by atoms with Gasteiger partial charge in [0.25, 0.3) is 5.92 Å². The fourth-order valence-electron chi connectivity index (χ4n) is 8.22. The minimum Gasteiger partial charge on any atom is -0.464 e. The van der Waals surface area contributed by atoms with Crippen LogP contribution in [0.15, 0.2) is 6.07 Å². The highest BCUT2D eigenvalue weighted by Gasteiger charge is 2.71. The summed E-state index contributed by atoms with van der Waals surface area (Å²) in [5, 5.41) is -0.476. The van der Waals surface area contributed by atoms with Gasteiger partial charge in [-0.1, -0.05) is 62.3 Å². The highest BCUT2D eigenvalue weighted by Crippen LogP contribution is 2.61. The van der Waals surface area contributed by atoms with E-state index >= 15 is 4.39 Å². The fourth-order valence-corrected chi connectivity index (χ4v) is 8.22. The monoisotopic (exact) mass is 839 g/mol. The van der Waals surface area contributed by atoms with Crippen molar-refractivity contribution in [1.29, 1.82) is 0 Å². The summed E-state index contributed by atoms with van der Waals surface area (Å²) < 4.78 is 144. The molecule has 3 aromatic rings. The number of pyridine rings is 2. The normalized spacial score (nSPS) is 23.5. The van der Waals surface area contributed by atoms with E-state index in [-0.39, 0.29) is 30.7 Å². The molecule has 2 saturated carbocycles. The van der Waals surface area contributed by atoms with Crippen LogP contribution in [0.3, 0.4) is 0 Å². The summed E-state index contributed by atoms with van der Waals surface area (Å²) in [6.07, 6.45) is -13.8. The molecule has 18 heteroatoms. The highest BCUT2D eigenvalue weighted by atomic mass is 19.4. The van der Waals surface area contributed by atoms with Crippen molar-refractivity contribution in [2.75, 3.05) is 51.5 Å². The number of hydrogen-bond donors (Lipinski definition) is 1. The zero-order valence-corrected chi connectivity index (χ0v) is 35.6. The van der Waals surface area contributed by atoms with Gasteiger partial charge in [-0.2, -0.15) is 36.3 Å². The van der Waals surface area contributed by atoms with Crippen LogP contribution in [0.25, 0.3) is 22.2 Å². The Kier molecular flexibility index (Phi) is 15.2. The first-order valence-corrected chi connectivity index (χ1v) is 19.7. The lowest BCUT2D eigenvalue weighted by Gasteiger charge is -2.51. The molecule has 0 amide bonds. The van der Waals surface area contributed by atoms with E-state index in [1.54, 1.807) is 26.0 Å². The largest absolute Gasteiger partial charge is 0.464 e.